The van der Waals surface area contributed by atoms with Crippen LogP contribution in [0.15, 0.2) is 79.4 Å². The summed E-state index contributed by atoms with van der Waals surface area (Å²) in [5, 5.41) is 0. The molecule has 0 fully saturated rings. The van der Waals surface area contributed by atoms with Crippen molar-refractivity contribution in [1.29, 1.82) is 0 Å². The van der Waals surface area contributed by atoms with Gasteiger partial charge in [-0.3, -0.25) is 0 Å². The minimum atomic E-state index is -4.50. The molecule has 0 aliphatic heterocycles. The minimum Gasteiger partial charge on any atom is -0.744 e. The Morgan fingerprint density at radius 3 is 1.18 bits per heavy atom. The third kappa shape index (κ3) is 9.16. The summed E-state index contributed by atoms with van der Waals surface area (Å²) in [6.07, 6.45) is 0. The first-order valence-electron chi connectivity index (χ1n) is 8.78. The molecule has 0 aromatic heterocycles. The third-order valence-electron chi connectivity index (χ3n) is 4.20. The van der Waals surface area contributed by atoms with Gasteiger partial charge in [0.25, 0.3) is 0 Å². The van der Waals surface area contributed by atoms with Gasteiger partial charge in [-0.2, -0.15) is 0 Å². The Hall–Kier alpha value is 0.0400. The number of hydrogen-bond donors (Lipinski definition) is 0. The molecule has 0 heterocycles. The molecule has 0 radical (unpaired) electrons. The fourth-order valence-electron chi connectivity index (χ4n) is 2.56. The molecule has 0 aliphatic carbocycles. The molecule has 0 bridgehead atoms. The van der Waals surface area contributed by atoms with Crippen LogP contribution in [0.25, 0.3) is 0 Å². The Bertz CT molecular complexity index is 1230. The first kappa shape index (κ1) is 32.1. The van der Waals surface area contributed by atoms with Gasteiger partial charge in [0.1, 0.15) is 44.9 Å². The van der Waals surface area contributed by atoms with Crippen molar-refractivity contribution in [1.82, 2.24) is 0 Å². The molecule has 0 N–H and O–H groups in total. The first-order chi connectivity index (χ1) is 14.9. The van der Waals surface area contributed by atoms with E-state index in [0.717, 1.165) is 0 Å². The van der Waals surface area contributed by atoms with Crippen molar-refractivity contribution in [3.63, 3.8) is 0 Å². The summed E-state index contributed by atoms with van der Waals surface area (Å²) in [4.78, 5) is -0.619. The maximum absolute atomic E-state index is 11.0. The monoisotopic (exact) mass is 650 g/mol. The van der Waals surface area contributed by atoms with Gasteiger partial charge in [-0.25, -0.2) is 16.8 Å². The Morgan fingerprint density at radius 1 is 0.618 bits per heavy atom. The molecular weight excluding hydrogens is 638 g/mol. The van der Waals surface area contributed by atoms with E-state index < -0.39 is 20.2 Å². The van der Waals surface area contributed by atoms with Crippen LogP contribution in [0.1, 0.15) is 11.1 Å². The smallest absolute Gasteiger partial charge is 0.744 e. The van der Waals surface area contributed by atoms with Crippen molar-refractivity contribution in [2.75, 3.05) is 0 Å². The summed E-state index contributed by atoms with van der Waals surface area (Å²) in [7, 11) is -8.99. The van der Waals surface area contributed by atoms with Crippen molar-refractivity contribution in [3.8, 4) is 11.5 Å². The van der Waals surface area contributed by atoms with E-state index in [2.05, 4.69) is 31.9 Å². The number of hydrogen-bond acceptors (Lipinski definition) is 8. The average Bonchev–Trinajstić information content (AvgIpc) is 2.72. The molecule has 0 aliphatic rings. The van der Waals surface area contributed by atoms with Crippen LogP contribution < -0.4 is 68.6 Å². The summed E-state index contributed by atoms with van der Waals surface area (Å²) in [6.45, 7) is 0.277. The van der Waals surface area contributed by atoms with Gasteiger partial charge >= 0.3 is 59.1 Å². The summed E-state index contributed by atoms with van der Waals surface area (Å²) < 4.78 is 78.6. The Kier molecular flexibility index (Phi) is 12.8. The molecule has 0 spiro atoms. The fourth-order valence-corrected chi connectivity index (χ4v) is 4.37. The SMILES string of the molecule is O=S(=O)([O-])c1ccc(COc2cc(Br)c(OCc3ccc(S(=O)(=O)[O-])cc3)cc2Br)cc1.[Na+].[Na+]. The van der Waals surface area contributed by atoms with E-state index in [1.54, 1.807) is 12.1 Å². The normalized spacial score (nSPS) is 11.2. The molecule has 8 nitrogen and oxygen atoms in total. The molecule has 170 valence electrons. The van der Waals surface area contributed by atoms with Crippen molar-refractivity contribution in [3.05, 3.63) is 80.7 Å². The van der Waals surface area contributed by atoms with Crippen molar-refractivity contribution in [2.24, 2.45) is 0 Å². The van der Waals surface area contributed by atoms with E-state index >= 15 is 0 Å². The zero-order chi connectivity index (χ0) is 23.5. The Labute approximate surface area is 258 Å². The van der Waals surface area contributed by atoms with Gasteiger partial charge in [0.2, 0.25) is 0 Å². The molecular formula is C20H14Br2Na2O8S2. The van der Waals surface area contributed by atoms with Crippen molar-refractivity contribution in [2.45, 2.75) is 23.0 Å². The van der Waals surface area contributed by atoms with Gasteiger partial charge in [-0.05, 0) is 79.4 Å². The average molecular weight is 652 g/mol. The van der Waals surface area contributed by atoms with Gasteiger partial charge in [0.15, 0.2) is 0 Å². The third-order valence-corrected chi connectivity index (χ3v) is 7.14. The summed E-state index contributed by atoms with van der Waals surface area (Å²) in [6, 6.07) is 14.2. The molecule has 0 unspecified atom stereocenters. The van der Waals surface area contributed by atoms with Gasteiger partial charge in [0.05, 0.1) is 18.7 Å². The molecule has 3 aromatic rings. The first-order valence-corrected chi connectivity index (χ1v) is 13.2. The van der Waals surface area contributed by atoms with E-state index in [1.165, 1.54) is 48.5 Å². The maximum Gasteiger partial charge on any atom is 1.00 e. The zero-order valence-electron chi connectivity index (χ0n) is 18.0. The molecule has 3 aromatic carbocycles. The van der Waals surface area contributed by atoms with Crippen LogP contribution in [0, 0.1) is 0 Å². The summed E-state index contributed by atoms with van der Waals surface area (Å²) in [5.41, 5.74) is 1.34. The molecule has 0 saturated heterocycles. The van der Waals surface area contributed by atoms with E-state index in [1.807, 2.05) is 0 Å². The second-order valence-corrected chi connectivity index (χ2v) is 11.0. The molecule has 14 heteroatoms. The number of rotatable bonds is 8. The van der Waals surface area contributed by atoms with Crippen LogP contribution in [0.2, 0.25) is 0 Å². The van der Waals surface area contributed by atoms with Gasteiger partial charge in [-0.15, -0.1) is 0 Å². The van der Waals surface area contributed by atoms with E-state index in [-0.39, 0.29) is 82.1 Å². The van der Waals surface area contributed by atoms with E-state index in [0.29, 0.717) is 31.6 Å². The van der Waals surface area contributed by atoms with Gasteiger partial charge in [0, 0.05) is 0 Å². The van der Waals surface area contributed by atoms with Crippen LogP contribution in [-0.2, 0) is 33.5 Å². The summed E-state index contributed by atoms with van der Waals surface area (Å²) >= 11 is 6.80. The quantitative estimate of drug-likeness (QED) is 0.206. The van der Waals surface area contributed by atoms with Crippen LogP contribution >= 0.6 is 31.9 Å². The predicted octanol–water partition coefficient (Wildman–Crippen LogP) is -1.81. The van der Waals surface area contributed by atoms with E-state index in [4.69, 9.17) is 9.47 Å². The van der Waals surface area contributed by atoms with Crippen LogP contribution in [0.5, 0.6) is 11.5 Å². The maximum atomic E-state index is 11.0. The van der Waals surface area contributed by atoms with E-state index in [9.17, 15) is 25.9 Å². The standard InChI is InChI=1S/C20H16Br2O8S2.2Na/c21-17-10-20(30-12-14-3-7-16(8-4-14)32(26,27)28)18(22)9-19(17)29-11-13-1-5-15(6-2-13)31(23,24)25;;/h1-10H,11-12H2,(H,23,24,25)(H,26,27,28);;/q;2*+1/p-2. The second kappa shape index (κ2) is 13.5. The molecule has 0 saturated carbocycles. The Balaban J connectivity index is 0.00000289. The zero-order valence-corrected chi connectivity index (χ0v) is 26.8. The fraction of sp³-hybridized carbons (Fsp3) is 0.100. The Morgan fingerprint density at radius 2 is 0.912 bits per heavy atom. The summed E-state index contributed by atoms with van der Waals surface area (Å²) in [5.74, 6) is 0.990. The van der Waals surface area contributed by atoms with Crippen molar-refractivity contribution < 1.29 is 94.5 Å². The largest absolute Gasteiger partial charge is 1.00 e. The van der Waals surface area contributed by atoms with Gasteiger partial charge < -0.3 is 18.6 Å². The molecule has 34 heavy (non-hydrogen) atoms. The topological polar surface area (TPSA) is 133 Å². The van der Waals surface area contributed by atoms with Crippen LogP contribution in [0.4, 0.5) is 0 Å². The van der Waals surface area contributed by atoms with Crippen molar-refractivity contribution >= 4 is 52.1 Å². The minimum absolute atomic E-state index is 0. The van der Waals surface area contributed by atoms with Crippen LogP contribution in [-0.4, -0.2) is 25.9 Å². The molecule has 0 atom stereocenters. The van der Waals surface area contributed by atoms with Crippen LogP contribution in [0.3, 0.4) is 0 Å². The number of ether oxygens (including phenoxy) is 2. The number of halogens is 2. The predicted molar refractivity (Wildman–Crippen MR) is 119 cm³/mol. The number of benzene rings is 3. The second-order valence-electron chi connectivity index (χ2n) is 6.49. The molecule has 0 amide bonds. The van der Waals surface area contributed by atoms with Gasteiger partial charge in [-0.1, -0.05) is 24.3 Å². The molecule has 3 rings (SSSR count).